The first-order valence-corrected chi connectivity index (χ1v) is 5.38. The molecule has 0 aliphatic carbocycles. The van der Waals surface area contributed by atoms with Crippen LogP contribution in [0.4, 0.5) is 10.1 Å². The number of likely N-dealkylation sites (N-methyl/N-ethyl adjacent to an activating group) is 1. The van der Waals surface area contributed by atoms with Gasteiger partial charge in [0.05, 0.1) is 11.5 Å². The lowest BCUT2D eigenvalue weighted by Crippen LogP contribution is -2.33. The normalized spacial score (nSPS) is 10.6. The summed E-state index contributed by atoms with van der Waals surface area (Å²) in [4.78, 5) is 22.2. The molecule has 0 aliphatic heterocycles. The van der Waals surface area contributed by atoms with Crippen LogP contribution in [0.3, 0.4) is 0 Å². The molecular formula is C11H14FN3O3. The van der Waals surface area contributed by atoms with Gasteiger partial charge in [-0.2, -0.15) is 4.39 Å². The Morgan fingerprint density at radius 3 is 2.72 bits per heavy atom. The maximum Gasteiger partial charge on any atom is 0.305 e. The molecule has 0 unspecified atom stereocenters. The van der Waals surface area contributed by atoms with E-state index in [-0.39, 0.29) is 18.7 Å². The van der Waals surface area contributed by atoms with Gasteiger partial charge in [0.15, 0.2) is 0 Å². The van der Waals surface area contributed by atoms with Gasteiger partial charge in [-0.05, 0) is 6.54 Å². The molecule has 0 saturated carbocycles. The Bertz CT molecular complexity index is 465. The minimum absolute atomic E-state index is 0.0152. The molecule has 0 saturated heterocycles. The molecule has 2 N–H and O–H groups in total. The minimum atomic E-state index is -0.870. The predicted octanol–water partition coefficient (Wildman–Crippen LogP) is 1.04. The lowest BCUT2D eigenvalue weighted by molar-refractivity contribution is -0.387. The third-order valence-corrected chi connectivity index (χ3v) is 2.48. The molecule has 1 amide bonds. The number of nitrogens with two attached hydrogens (primary N) is 1. The summed E-state index contributed by atoms with van der Waals surface area (Å²) in [6.45, 7) is 2.37. The van der Waals surface area contributed by atoms with Crippen molar-refractivity contribution in [2.45, 2.75) is 13.5 Å². The van der Waals surface area contributed by atoms with Crippen LogP contribution in [0.25, 0.3) is 0 Å². The third-order valence-electron chi connectivity index (χ3n) is 2.48. The first-order chi connectivity index (χ1) is 8.45. The molecule has 1 aromatic rings. The molecule has 6 nitrogen and oxygen atoms in total. The van der Waals surface area contributed by atoms with Crippen LogP contribution in [0.1, 0.15) is 12.5 Å². The Kier molecular flexibility index (Phi) is 4.73. The smallest absolute Gasteiger partial charge is 0.305 e. The molecular weight excluding hydrogens is 241 g/mol. The summed E-state index contributed by atoms with van der Waals surface area (Å²) in [6, 6.07) is 3.96. The van der Waals surface area contributed by atoms with Crippen LogP contribution in [0, 0.1) is 15.9 Å². The Balaban J connectivity index is 2.93. The minimum Gasteiger partial charge on any atom is -0.369 e. The maximum atomic E-state index is 13.8. The number of nitro benzene ring substituents is 1. The summed E-state index contributed by atoms with van der Waals surface area (Å²) in [5, 5.41) is 10.6. The van der Waals surface area contributed by atoms with Crippen molar-refractivity contribution in [3.05, 3.63) is 39.7 Å². The number of benzene rings is 1. The van der Waals surface area contributed by atoms with E-state index >= 15 is 0 Å². The second-order valence-corrected chi connectivity index (χ2v) is 3.78. The van der Waals surface area contributed by atoms with Crippen LogP contribution in [0.5, 0.6) is 0 Å². The molecule has 0 atom stereocenters. The zero-order chi connectivity index (χ0) is 13.7. The van der Waals surface area contributed by atoms with E-state index in [1.165, 1.54) is 12.1 Å². The number of nitro groups is 1. The van der Waals surface area contributed by atoms with Crippen molar-refractivity contribution < 1.29 is 14.1 Å². The first kappa shape index (κ1) is 14.0. The van der Waals surface area contributed by atoms with Crippen LogP contribution in [0.2, 0.25) is 0 Å². The Labute approximate surface area is 103 Å². The van der Waals surface area contributed by atoms with Gasteiger partial charge in [-0.3, -0.25) is 19.8 Å². The van der Waals surface area contributed by atoms with Crippen molar-refractivity contribution in [1.29, 1.82) is 0 Å². The van der Waals surface area contributed by atoms with Gasteiger partial charge in [0.1, 0.15) is 0 Å². The third kappa shape index (κ3) is 3.49. The van der Waals surface area contributed by atoms with Crippen molar-refractivity contribution >= 4 is 11.6 Å². The van der Waals surface area contributed by atoms with Crippen molar-refractivity contribution in [3.63, 3.8) is 0 Å². The lowest BCUT2D eigenvalue weighted by atomic mass is 10.1. The molecule has 0 bridgehead atoms. The first-order valence-electron chi connectivity index (χ1n) is 5.38. The van der Waals surface area contributed by atoms with Crippen LogP contribution in [0.15, 0.2) is 18.2 Å². The Hall–Kier alpha value is -2.02. The van der Waals surface area contributed by atoms with Gasteiger partial charge in [-0.25, -0.2) is 0 Å². The number of nitrogens with zero attached hydrogens (tertiary/aromatic N) is 2. The van der Waals surface area contributed by atoms with Crippen LogP contribution < -0.4 is 5.73 Å². The molecule has 0 aliphatic rings. The number of primary amides is 1. The summed E-state index contributed by atoms with van der Waals surface area (Å²) in [6.07, 6.45) is 0. The predicted molar refractivity (Wildman–Crippen MR) is 63.2 cm³/mol. The van der Waals surface area contributed by atoms with E-state index in [2.05, 4.69) is 0 Å². The van der Waals surface area contributed by atoms with E-state index < -0.39 is 22.3 Å². The molecule has 7 heteroatoms. The van der Waals surface area contributed by atoms with Gasteiger partial charge in [0.2, 0.25) is 11.7 Å². The average Bonchev–Trinajstić information content (AvgIpc) is 2.29. The number of hydrogen-bond donors (Lipinski definition) is 1. The Morgan fingerprint density at radius 2 is 2.22 bits per heavy atom. The lowest BCUT2D eigenvalue weighted by Gasteiger charge is -2.18. The van der Waals surface area contributed by atoms with Crippen molar-refractivity contribution in [1.82, 2.24) is 4.90 Å². The average molecular weight is 255 g/mol. The fraction of sp³-hybridized carbons (Fsp3) is 0.364. The van der Waals surface area contributed by atoms with Gasteiger partial charge in [-0.1, -0.05) is 19.1 Å². The summed E-state index contributed by atoms with van der Waals surface area (Å²) in [5.74, 6) is -1.40. The van der Waals surface area contributed by atoms with Gasteiger partial charge < -0.3 is 5.73 Å². The highest BCUT2D eigenvalue weighted by Crippen LogP contribution is 2.21. The fourth-order valence-electron chi connectivity index (χ4n) is 1.57. The number of amides is 1. The molecule has 0 heterocycles. The number of carbonyl (C=O) groups excluding carboxylic acids is 1. The van der Waals surface area contributed by atoms with Gasteiger partial charge in [0.25, 0.3) is 0 Å². The molecule has 18 heavy (non-hydrogen) atoms. The zero-order valence-corrected chi connectivity index (χ0v) is 9.93. The molecule has 0 fully saturated rings. The molecule has 0 aromatic heterocycles. The number of carbonyl (C=O) groups is 1. The fourth-order valence-corrected chi connectivity index (χ4v) is 1.57. The monoisotopic (exact) mass is 255 g/mol. The van der Waals surface area contributed by atoms with Gasteiger partial charge in [-0.15, -0.1) is 0 Å². The van der Waals surface area contributed by atoms with Crippen LogP contribution >= 0.6 is 0 Å². The zero-order valence-electron chi connectivity index (χ0n) is 9.93. The molecule has 0 radical (unpaired) electrons. The van der Waals surface area contributed by atoms with E-state index in [1.54, 1.807) is 11.8 Å². The standard InChI is InChI=1S/C11H14FN3O3/c1-2-14(7-10(13)16)6-8-4-3-5-9(11(8)12)15(17)18/h3-5H,2,6-7H2,1H3,(H2,13,16). The quantitative estimate of drug-likeness (QED) is 0.607. The van der Waals surface area contributed by atoms with E-state index in [4.69, 9.17) is 5.73 Å². The molecule has 98 valence electrons. The molecule has 0 spiro atoms. The summed E-state index contributed by atoms with van der Waals surface area (Å²) in [7, 11) is 0. The summed E-state index contributed by atoms with van der Waals surface area (Å²) >= 11 is 0. The second kappa shape index (κ2) is 6.06. The van der Waals surface area contributed by atoms with E-state index in [0.29, 0.717) is 6.54 Å². The summed E-state index contributed by atoms with van der Waals surface area (Å²) in [5.41, 5.74) is 4.66. The highest BCUT2D eigenvalue weighted by Gasteiger charge is 2.18. The van der Waals surface area contributed by atoms with Crippen LogP contribution in [-0.4, -0.2) is 28.8 Å². The largest absolute Gasteiger partial charge is 0.369 e. The van der Waals surface area contributed by atoms with Crippen molar-refractivity contribution in [2.75, 3.05) is 13.1 Å². The van der Waals surface area contributed by atoms with Crippen molar-refractivity contribution in [2.24, 2.45) is 5.73 Å². The SMILES string of the molecule is CCN(CC(N)=O)Cc1cccc([N+](=O)[O-])c1F. The summed E-state index contributed by atoms with van der Waals surface area (Å²) < 4.78 is 13.8. The highest BCUT2D eigenvalue weighted by molar-refractivity contribution is 5.75. The number of halogens is 1. The van der Waals surface area contributed by atoms with E-state index in [9.17, 15) is 19.3 Å². The molecule has 1 aromatic carbocycles. The topological polar surface area (TPSA) is 89.5 Å². The number of rotatable bonds is 6. The van der Waals surface area contributed by atoms with Gasteiger partial charge in [0, 0.05) is 18.2 Å². The van der Waals surface area contributed by atoms with E-state index in [0.717, 1.165) is 6.07 Å². The van der Waals surface area contributed by atoms with E-state index in [1.807, 2.05) is 0 Å². The number of hydrogen-bond acceptors (Lipinski definition) is 4. The molecule has 1 rings (SSSR count). The second-order valence-electron chi connectivity index (χ2n) is 3.78. The maximum absolute atomic E-state index is 13.8. The van der Waals surface area contributed by atoms with Gasteiger partial charge >= 0.3 is 5.69 Å². The highest BCUT2D eigenvalue weighted by atomic mass is 19.1. The van der Waals surface area contributed by atoms with Crippen LogP contribution in [-0.2, 0) is 11.3 Å². The Morgan fingerprint density at radius 1 is 1.56 bits per heavy atom. The van der Waals surface area contributed by atoms with Crippen molar-refractivity contribution in [3.8, 4) is 0 Å².